The van der Waals surface area contributed by atoms with Gasteiger partial charge in [-0.15, -0.1) is 0 Å². The summed E-state index contributed by atoms with van der Waals surface area (Å²) in [6, 6.07) is 3.16. The highest BCUT2D eigenvalue weighted by Crippen LogP contribution is 2.36. The number of hydrogen-bond acceptors (Lipinski definition) is 4. The zero-order valence-electron chi connectivity index (χ0n) is 10.6. The van der Waals surface area contributed by atoms with Gasteiger partial charge in [0, 0.05) is 6.20 Å². The van der Waals surface area contributed by atoms with E-state index in [1.807, 2.05) is 0 Å². The fourth-order valence-corrected chi connectivity index (χ4v) is 2.15. The molecule has 8 heteroatoms. The molecule has 104 valence electrons. The Morgan fingerprint density at radius 2 is 2.00 bits per heavy atom. The maximum absolute atomic E-state index is 13.1. The summed E-state index contributed by atoms with van der Waals surface area (Å²) in [7, 11) is 1.26. The highest BCUT2D eigenvalue weighted by molar-refractivity contribution is 5.78. The van der Waals surface area contributed by atoms with Crippen LogP contribution in [0.4, 0.5) is 13.2 Å². The molecule has 0 aliphatic heterocycles. The van der Waals surface area contributed by atoms with Crippen molar-refractivity contribution < 1.29 is 17.9 Å². The Bertz CT molecular complexity index is 810. The Morgan fingerprint density at radius 3 is 2.65 bits per heavy atom. The SMILES string of the molecule is COc1nc(C(F)(F)F)c2c(C)nc3cccnc3n12. The molecule has 0 amide bonds. The normalized spacial score (nSPS) is 12.2. The zero-order chi connectivity index (χ0) is 14.5. The summed E-state index contributed by atoms with van der Waals surface area (Å²) < 4.78 is 45.4. The number of alkyl halides is 3. The van der Waals surface area contributed by atoms with Crippen molar-refractivity contribution in [3.8, 4) is 6.01 Å². The van der Waals surface area contributed by atoms with E-state index in [-0.39, 0.29) is 22.9 Å². The highest BCUT2D eigenvalue weighted by Gasteiger charge is 2.38. The van der Waals surface area contributed by atoms with Gasteiger partial charge in [0.25, 0.3) is 0 Å². The van der Waals surface area contributed by atoms with Crippen LogP contribution in [0.15, 0.2) is 18.3 Å². The summed E-state index contributed by atoms with van der Waals surface area (Å²) in [5.74, 6) is 0. The first kappa shape index (κ1) is 12.6. The minimum absolute atomic E-state index is 0.138. The second kappa shape index (κ2) is 4.06. The first-order chi connectivity index (χ1) is 9.43. The predicted molar refractivity (Wildman–Crippen MR) is 64.6 cm³/mol. The monoisotopic (exact) mass is 282 g/mol. The Balaban J connectivity index is 2.56. The minimum Gasteiger partial charge on any atom is -0.468 e. The first-order valence-corrected chi connectivity index (χ1v) is 5.68. The van der Waals surface area contributed by atoms with Crippen molar-refractivity contribution in [2.75, 3.05) is 7.11 Å². The second-order valence-electron chi connectivity index (χ2n) is 4.17. The molecule has 0 aliphatic carbocycles. The molecule has 0 spiro atoms. The van der Waals surface area contributed by atoms with Gasteiger partial charge in [-0.2, -0.15) is 18.2 Å². The number of ether oxygens (including phenoxy) is 1. The fraction of sp³-hybridized carbons (Fsp3) is 0.250. The second-order valence-corrected chi connectivity index (χ2v) is 4.17. The van der Waals surface area contributed by atoms with Gasteiger partial charge in [-0.3, -0.25) is 0 Å². The number of pyridine rings is 1. The Kier molecular flexibility index (Phi) is 2.56. The van der Waals surface area contributed by atoms with Gasteiger partial charge in [-0.1, -0.05) is 0 Å². The number of nitrogens with zero attached hydrogens (tertiary/aromatic N) is 4. The van der Waals surface area contributed by atoms with E-state index in [2.05, 4.69) is 15.0 Å². The molecule has 3 aromatic heterocycles. The van der Waals surface area contributed by atoms with Crippen molar-refractivity contribution in [1.29, 1.82) is 0 Å². The lowest BCUT2D eigenvalue weighted by Crippen LogP contribution is -2.07. The molecule has 0 bridgehead atoms. The van der Waals surface area contributed by atoms with Crippen molar-refractivity contribution in [3.63, 3.8) is 0 Å². The summed E-state index contributed by atoms with van der Waals surface area (Å²) in [4.78, 5) is 11.7. The molecule has 3 aromatic rings. The molecule has 0 aliphatic rings. The summed E-state index contributed by atoms with van der Waals surface area (Å²) in [6.07, 6.45) is -3.11. The van der Waals surface area contributed by atoms with Crippen LogP contribution < -0.4 is 4.74 Å². The quantitative estimate of drug-likeness (QED) is 0.688. The van der Waals surface area contributed by atoms with E-state index in [0.717, 1.165) is 0 Å². The van der Waals surface area contributed by atoms with Crippen molar-refractivity contribution in [2.24, 2.45) is 0 Å². The molecule has 0 atom stereocenters. The summed E-state index contributed by atoms with van der Waals surface area (Å²) in [6.45, 7) is 1.50. The number of halogens is 3. The Hall–Kier alpha value is -2.38. The van der Waals surface area contributed by atoms with E-state index in [1.165, 1.54) is 24.6 Å². The zero-order valence-corrected chi connectivity index (χ0v) is 10.6. The Labute approximate surface area is 111 Å². The third-order valence-corrected chi connectivity index (χ3v) is 2.91. The van der Waals surface area contributed by atoms with Gasteiger partial charge in [-0.05, 0) is 19.1 Å². The van der Waals surface area contributed by atoms with Crippen molar-refractivity contribution in [1.82, 2.24) is 19.4 Å². The van der Waals surface area contributed by atoms with E-state index >= 15 is 0 Å². The fourth-order valence-electron chi connectivity index (χ4n) is 2.15. The molecule has 0 saturated carbocycles. The van der Waals surface area contributed by atoms with Crippen molar-refractivity contribution >= 4 is 16.7 Å². The maximum Gasteiger partial charge on any atom is 0.435 e. The van der Waals surface area contributed by atoms with Crippen LogP contribution >= 0.6 is 0 Å². The van der Waals surface area contributed by atoms with E-state index < -0.39 is 11.9 Å². The molecule has 20 heavy (non-hydrogen) atoms. The van der Waals surface area contributed by atoms with Crippen molar-refractivity contribution in [2.45, 2.75) is 13.1 Å². The van der Waals surface area contributed by atoms with Gasteiger partial charge in [-0.25, -0.2) is 14.4 Å². The average molecular weight is 282 g/mol. The number of fused-ring (bicyclic) bond motifs is 3. The molecule has 0 unspecified atom stereocenters. The van der Waals surface area contributed by atoms with E-state index in [9.17, 15) is 13.2 Å². The van der Waals surface area contributed by atoms with Gasteiger partial charge in [0.05, 0.1) is 12.8 Å². The lowest BCUT2D eigenvalue weighted by Gasteiger charge is -2.07. The largest absolute Gasteiger partial charge is 0.468 e. The predicted octanol–water partition coefficient (Wildman–Crippen LogP) is 2.61. The molecular weight excluding hydrogens is 273 g/mol. The molecule has 0 N–H and O–H groups in total. The number of aryl methyl sites for hydroxylation is 1. The summed E-state index contributed by atoms with van der Waals surface area (Å²) in [5.41, 5.74) is -0.198. The molecular formula is C12H9F3N4O. The van der Waals surface area contributed by atoms with Gasteiger partial charge in [0.15, 0.2) is 11.3 Å². The summed E-state index contributed by atoms with van der Waals surface area (Å²) >= 11 is 0. The number of aromatic nitrogens is 4. The third kappa shape index (κ3) is 1.68. The average Bonchev–Trinajstić information content (AvgIpc) is 2.79. The van der Waals surface area contributed by atoms with Crippen LogP contribution in [-0.4, -0.2) is 26.5 Å². The van der Waals surface area contributed by atoms with Crippen LogP contribution in [0.2, 0.25) is 0 Å². The van der Waals surface area contributed by atoms with E-state index in [4.69, 9.17) is 4.74 Å². The highest BCUT2D eigenvalue weighted by atomic mass is 19.4. The number of rotatable bonds is 1. The lowest BCUT2D eigenvalue weighted by molar-refractivity contribution is -0.139. The van der Waals surface area contributed by atoms with E-state index in [1.54, 1.807) is 12.1 Å². The van der Waals surface area contributed by atoms with Gasteiger partial charge in [0.2, 0.25) is 0 Å². The van der Waals surface area contributed by atoms with Crippen molar-refractivity contribution in [3.05, 3.63) is 29.7 Å². The first-order valence-electron chi connectivity index (χ1n) is 5.68. The molecule has 3 rings (SSSR count). The van der Waals surface area contributed by atoms with Crippen LogP contribution in [0.1, 0.15) is 11.4 Å². The molecule has 3 heterocycles. The summed E-state index contributed by atoms with van der Waals surface area (Å²) in [5, 5.41) is 0. The molecule has 0 saturated heterocycles. The van der Waals surface area contributed by atoms with Gasteiger partial charge < -0.3 is 4.74 Å². The van der Waals surface area contributed by atoms with Crippen LogP contribution in [0.5, 0.6) is 6.01 Å². The van der Waals surface area contributed by atoms with Crippen LogP contribution in [0.3, 0.4) is 0 Å². The minimum atomic E-state index is -4.59. The van der Waals surface area contributed by atoms with Gasteiger partial charge >= 0.3 is 12.2 Å². The number of imidazole rings is 1. The molecule has 0 fully saturated rings. The molecule has 0 aromatic carbocycles. The van der Waals surface area contributed by atoms with Crippen LogP contribution in [0.25, 0.3) is 16.7 Å². The molecule has 0 radical (unpaired) electrons. The topological polar surface area (TPSA) is 52.3 Å². The van der Waals surface area contributed by atoms with Crippen LogP contribution in [-0.2, 0) is 6.18 Å². The smallest absolute Gasteiger partial charge is 0.435 e. The van der Waals surface area contributed by atoms with Gasteiger partial charge in [0.1, 0.15) is 11.0 Å². The number of methoxy groups -OCH3 is 1. The Morgan fingerprint density at radius 1 is 1.25 bits per heavy atom. The lowest BCUT2D eigenvalue weighted by atomic mass is 10.3. The van der Waals surface area contributed by atoms with Crippen LogP contribution in [0, 0.1) is 6.92 Å². The number of hydrogen-bond donors (Lipinski definition) is 0. The standard InChI is InChI=1S/C12H9F3N4O/c1-6-8-9(12(13,14)15)18-11(20-2)19(8)10-7(17-6)4-3-5-16-10/h3-5H,1-2H3. The third-order valence-electron chi connectivity index (χ3n) is 2.91. The molecule has 5 nitrogen and oxygen atoms in total. The van der Waals surface area contributed by atoms with E-state index in [0.29, 0.717) is 5.52 Å². The maximum atomic E-state index is 13.1.